The first-order valence-corrected chi connectivity index (χ1v) is 9.49. The molecule has 4 nitrogen and oxygen atoms in total. The number of benzene rings is 1. The topological polar surface area (TPSA) is 30.5 Å². The summed E-state index contributed by atoms with van der Waals surface area (Å²) in [4.78, 5) is 5.17. The van der Waals surface area contributed by atoms with Crippen LogP contribution >= 0.6 is 0 Å². The highest BCUT2D eigenvalue weighted by atomic mass is 15.2. The van der Waals surface area contributed by atoms with Crippen LogP contribution in [0.1, 0.15) is 34.1 Å². The molecule has 4 heteroatoms. The summed E-state index contributed by atoms with van der Waals surface area (Å²) in [6, 6.07) is 8.56. The molecule has 1 aliphatic heterocycles. The molecular weight excluding hydrogens is 296 g/mol. The van der Waals surface area contributed by atoms with Crippen LogP contribution in [0.3, 0.4) is 0 Å². The molecule has 136 valence electrons. The van der Waals surface area contributed by atoms with E-state index < -0.39 is 0 Å². The Morgan fingerprint density at radius 1 is 0.875 bits per heavy atom. The molecule has 0 atom stereocenters. The minimum atomic E-state index is 0.345. The van der Waals surface area contributed by atoms with Gasteiger partial charge in [0, 0.05) is 32.7 Å². The van der Waals surface area contributed by atoms with E-state index in [0.717, 1.165) is 39.3 Å². The number of anilines is 2. The summed E-state index contributed by atoms with van der Waals surface area (Å²) in [5.41, 5.74) is 2.78. The molecule has 0 saturated carbocycles. The van der Waals surface area contributed by atoms with E-state index in [-0.39, 0.29) is 0 Å². The molecule has 0 aromatic heterocycles. The van der Waals surface area contributed by atoms with Gasteiger partial charge in [-0.15, -0.1) is 0 Å². The van der Waals surface area contributed by atoms with Crippen LogP contribution < -0.4 is 10.6 Å². The molecule has 0 saturated heterocycles. The normalized spacial score (nSPS) is 19.2. The molecule has 2 N–H and O–H groups in total. The Labute approximate surface area is 148 Å². The van der Waals surface area contributed by atoms with E-state index in [1.165, 1.54) is 30.9 Å². The lowest BCUT2D eigenvalue weighted by atomic mass is 9.96. The van der Waals surface area contributed by atoms with Crippen molar-refractivity contribution in [1.29, 1.82) is 0 Å². The van der Waals surface area contributed by atoms with E-state index in [2.05, 4.69) is 72.4 Å². The number of fused-ring (bicyclic) bond motifs is 1. The number of hydrogen-bond donors (Lipinski definition) is 2. The van der Waals surface area contributed by atoms with Crippen LogP contribution in [-0.2, 0) is 0 Å². The predicted molar refractivity (Wildman–Crippen MR) is 106 cm³/mol. The maximum atomic E-state index is 3.62. The fourth-order valence-electron chi connectivity index (χ4n) is 3.38. The van der Waals surface area contributed by atoms with Gasteiger partial charge in [-0.25, -0.2) is 0 Å². The van der Waals surface area contributed by atoms with Gasteiger partial charge in [0.15, 0.2) is 0 Å². The molecule has 0 fully saturated rings. The van der Waals surface area contributed by atoms with Gasteiger partial charge in [0.25, 0.3) is 0 Å². The monoisotopic (exact) mass is 332 g/mol. The SMILES string of the molecule is CCN1CCCN(CC(C)(C)C)CCNc2ccccc2NCC1. The number of para-hydroxylation sites is 2. The van der Waals surface area contributed by atoms with Gasteiger partial charge in [0.05, 0.1) is 11.4 Å². The number of nitrogens with zero attached hydrogens (tertiary/aromatic N) is 2. The Hall–Kier alpha value is -1.26. The zero-order chi connectivity index (χ0) is 17.4. The zero-order valence-electron chi connectivity index (χ0n) is 16.1. The fourth-order valence-corrected chi connectivity index (χ4v) is 3.38. The molecule has 0 aliphatic carbocycles. The number of nitrogens with one attached hydrogen (secondary N) is 2. The number of rotatable bonds is 2. The lowest BCUT2D eigenvalue weighted by molar-refractivity contribution is 0.183. The third-order valence-corrected chi connectivity index (χ3v) is 4.51. The van der Waals surface area contributed by atoms with Crippen molar-refractivity contribution in [3.05, 3.63) is 24.3 Å². The first kappa shape index (κ1) is 19.1. The van der Waals surface area contributed by atoms with Gasteiger partial charge in [-0.1, -0.05) is 39.8 Å². The Balaban J connectivity index is 2.06. The molecule has 0 unspecified atom stereocenters. The van der Waals surface area contributed by atoms with Crippen LogP contribution in [0.5, 0.6) is 0 Å². The second kappa shape index (κ2) is 9.28. The molecular formula is C20H36N4. The predicted octanol–water partition coefficient (Wildman–Crippen LogP) is 3.58. The van der Waals surface area contributed by atoms with Crippen molar-refractivity contribution in [1.82, 2.24) is 9.80 Å². The summed E-state index contributed by atoms with van der Waals surface area (Å²) >= 11 is 0. The molecule has 24 heavy (non-hydrogen) atoms. The first-order chi connectivity index (χ1) is 11.5. The van der Waals surface area contributed by atoms with Crippen molar-refractivity contribution in [2.45, 2.75) is 34.1 Å². The summed E-state index contributed by atoms with van der Waals surface area (Å²) in [6.45, 7) is 18.1. The van der Waals surface area contributed by atoms with Crippen molar-refractivity contribution in [2.24, 2.45) is 5.41 Å². The molecule has 1 aromatic carbocycles. The second-order valence-electron chi connectivity index (χ2n) is 8.02. The maximum absolute atomic E-state index is 3.62. The highest BCUT2D eigenvalue weighted by molar-refractivity contribution is 5.68. The number of likely N-dealkylation sites (N-methyl/N-ethyl adjacent to an activating group) is 1. The summed E-state index contributed by atoms with van der Waals surface area (Å²) in [6.07, 6.45) is 1.25. The summed E-state index contributed by atoms with van der Waals surface area (Å²) < 4.78 is 0. The summed E-state index contributed by atoms with van der Waals surface area (Å²) in [5, 5.41) is 7.22. The fraction of sp³-hybridized carbons (Fsp3) is 0.700. The minimum Gasteiger partial charge on any atom is -0.382 e. The van der Waals surface area contributed by atoms with Crippen LogP contribution in [-0.4, -0.2) is 62.2 Å². The van der Waals surface area contributed by atoms with Crippen molar-refractivity contribution >= 4 is 11.4 Å². The van der Waals surface area contributed by atoms with Crippen LogP contribution in [0.2, 0.25) is 0 Å². The lowest BCUT2D eigenvalue weighted by Crippen LogP contribution is -2.38. The molecule has 1 heterocycles. The lowest BCUT2D eigenvalue weighted by Gasteiger charge is -2.31. The number of hydrogen-bond acceptors (Lipinski definition) is 4. The largest absolute Gasteiger partial charge is 0.382 e. The van der Waals surface area contributed by atoms with Gasteiger partial charge in [-0.05, 0) is 43.6 Å². The van der Waals surface area contributed by atoms with Gasteiger partial charge in [-0.3, -0.25) is 0 Å². The Kier molecular flexibility index (Phi) is 7.38. The summed E-state index contributed by atoms with van der Waals surface area (Å²) in [5.74, 6) is 0. The van der Waals surface area contributed by atoms with E-state index >= 15 is 0 Å². The summed E-state index contributed by atoms with van der Waals surface area (Å²) in [7, 11) is 0. The Bertz CT molecular complexity index is 481. The highest BCUT2D eigenvalue weighted by Crippen LogP contribution is 2.21. The second-order valence-corrected chi connectivity index (χ2v) is 8.02. The maximum Gasteiger partial charge on any atom is 0.0576 e. The average molecular weight is 333 g/mol. The van der Waals surface area contributed by atoms with E-state index in [9.17, 15) is 0 Å². The zero-order valence-corrected chi connectivity index (χ0v) is 16.1. The van der Waals surface area contributed by atoms with Gasteiger partial charge < -0.3 is 20.4 Å². The third kappa shape index (κ3) is 6.70. The van der Waals surface area contributed by atoms with Crippen LogP contribution in [0.25, 0.3) is 0 Å². The van der Waals surface area contributed by atoms with Gasteiger partial charge in [0.1, 0.15) is 0 Å². The van der Waals surface area contributed by atoms with Crippen LogP contribution in [0.15, 0.2) is 24.3 Å². The molecule has 0 spiro atoms. The smallest absolute Gasteiger partial charge is 0.0576 e. The van der Waals surface area contributed by atoms with Crippen molar-refractivity contribution < 1.29 is 0 Å². The quantitative estimate of drug-likeness (QED) is 0.866. The first-order valence-electron chi connectivity index (χ1n) is 9.49. The average Bonchev–Trinajstić information content (AvgIpc) is 2.54. The van der Waals surface area contributed by atoms with E-state index in [1.807, 2.05) is 0 Å². The molecule has 2 rings (SSSR count). The van der Waals surface area contributed by atoms with Crippen molar-refractivity contribution in [2.75, 3.05) is 63.0 Å². The van der Waals surface area contributed by atoms with Crippen LogP contribution in [0, 0.1) is 5.41 Å². The standard InChI is InChI=1S/C20H36N4/c1-5-23-13-8-14-24(17-20(2,3)4)16-12-22-19-10-7-6-9-18(19)21-11-15-23/h6-7,9-10,21-22H,5,8,11-17H2,1-4H3. The van der Waals surface area contributed by atoms with Crippen molar-refractivity contribution in [3.8, 4) is 0 Å². The Morgan fingerprint density at radius 3 is 1.96 bits per heavy atom. The molecule has 0 radical (unpaired) electrons. The molecule has 0 bridgehead atoms. The molecule has 1 aromatic rings. The minimum absolute atomic E-state index is 0.345. The Morgan fingerprint density at radius 2 is 1.42 bits per heavy atom. The highest BCUT2D eigenvalue weighted by Gasteiger charge is 2.17. The van der Waals surface area contributed by atoms with Crippen LogP contribution in [0.4, 0.5) is 11.4 Å². The van der Waals surface area contributed by atoms with Crippen molar-refractivity contribution in [3.63, 3.8) is 0 Å². The van der Waals surface area contributed by atoms with E-state index in [1.54, 1.807) is 0 Å². The third-order valence-electron chi connectivity index (χ3n) is 4.51. The van der Waals surface area contributed by atoms with Gasteiger partial charge >= 0.3 is 0 Å². The molecule has 1 aliphatic rings. The van der Waals surface area contributed by atoms with E-state index in [4.69, 9.17) is 0 Å². The van der Waals surface area contributed by atoms with Gasteiger partial charge in [0.2, 0.25) is 0 Å². The van der Waals surface area contributed by atoms with E-state index in [0.29, 0.717) is 5.41 Å². The molecule has 0 amide bonds. The van der Waals surface area contributed by atoms with Gasteiger partial charge in [-0.2, -0.15) is 0 Å².